The van der Waals surface area contributed by atoms with Gasteiger partial charge in [0.2, 0.25) is 0 Å². The third kappa shape index (κ3) is 3.65. The minimum Gasteiger partial charge on any atom is -0.491 e. The highest BCUT2D eigenvalue weighted by atomic mass is 35.5. The van der Waals surface area contributed by atoms with Crippen LogP contribution in [0.2, 0.25) is 5.02 Å². The molecule has 24 heavy (non-hydrogen) atoms. The molecule has 0 N–H and O–H groups in total. The third-order valence-electron chi connectivity index (χ3n) is 4.10. The predicted molar refractivity (Wildman–Crippen MR) is 100 cm³/mol. The lowest BCUT2D eigenvalue weighted by molar-refractivity contribution is 0.242. The van der Waals surface area contributed by atoms with E-state index in [1.165, 1.54) is 23.0 Å². The Morgan fingerprint density at radius 1 is 1.29 bits per heavy atom. The summed E-state index contributed by atoms with van der Waals surface area (Å²) in [6.45, 7) is 5.56. The number of nitrogens with zero attached hydrogens (tertiary/aromatic N) is 1. The fourth-order valence-corrected chi connectivity index (χ4v) is 3.79. The topological polar surface area (TPSA) is 12.5 Å². The smallest absolute Gasteiger partial charge is 0.137 e. The van der Waals surface area contributed by atoms with Crippen LogP contribution in [0.3, 0.4) is 0 Å². The molecule has 0 amide bonds. The summed E-state index contributed by atoms with van der Waals surface area (Å²) in [5.41, 5.74) is 3.27. The first-order valence-corrected chi connectivity index (χ1v) is 9.64. The first kappa shape index (κ1) is 17.4. The maximum atomic E-state index is 14.1. The zero-order valence-corrected chi connectivity index (χ0v) is 15.7. The Balaban J connectivity index is 1.81. The van der Waals surface area contributed by atoms with Gasteiger partial charge in [0, 0.05) is 28.7 Å². The Bertz CT molecular complexity index is 750. The minimum atomic E-state index is -0.206. The molecule has 0 bridgehead atoms. The average molecular weight is 366 g/mol. The molecule has 3 rings (SSSR count). The van der Waals surface area contributed by atoms with E-state index in [0.29, 0.717) is 16.5 Å². The summed E-state index contributed by atoms with van der Waals surface area (Å²) in [6, 6.07) is 9.46. The lowest BCUT2D eigenvalue weighted by Crippen LogP contribution is -2.20. The number of anilines is 1. The molecule has 0 saturated heterocycles. The van der Waals surface area contributed by atoms with Gasteiger partial charge in [-0.2, -0.15) is 0 Å². The van der Waals surface area contributed by atoms with E-state index in [9.17, 15) is 4.39 Å². The summed E-state index contributed by atoms with van der Waals surface area (Å²) in [7, 11) is 0. The number of rotatable bonds is 5. The zero-order valence-electron chi connectivity index (χ0n) is 14.1. The van der Waals surface area contributed by atoms with Gasteiger partial charge in [0.25, 0.3) is 0 Å². The number of thioether (sulfide) groups is 1. The molecule has 2 aromatic rings. The summed E-state index contributed by atoms with van der Waals surface area (Å²) in [6.07, 6.45) is 2.98. The largest absolute Gasteiger partial charge is 0.491 e. The van der Waals surface area contributed by atoms with Crippen molar-refractivity contribution in [1.29, 1.82) is 0 Å². The average Bonchev–Trinajstić information content (AvgIpc) is 2.92. The van der Waals surface area contributed by atoms with Crippen LogP contribution in [0.4, 0.5) is 10.1 Å². The van der Waals surface area contributed by atoms with Gasteiger partial charge >= 0.3 is 0 Å². The van der Waals surface area contributed by atoms with E-state index in [-0.39, 0.29) is 11.9 Å². The van der Waals surface area contributed by atoms with Crippen LogP contribution >= 0.6 is 23.4 Å². The van der Waals surface area contributed by atoms with Crippen LogP contribution in [0.25, 0.3) is 0 Å². The maximum absolute atomic E-state index is 14.1. The molecular weight excluding hydrogens is 345 g/mol. The minimum absolute atomic E-state index is 0.164. The van der Waals surface area contributed by atoms with E-state index in [1.54, 1.807) is 12.1 Å². The van der Waals surface area contributed by atoms with E-state index in [4.69, 9.17) is 16.3 Å². The van der Waals surface area contributed by atoms with Gasteiger partial charge < -0.3 is 9.64 Å². The Kier molecular flexibility index (Phi) is 5.26. The first-order valence-electron chi connectivity index (χ1n) is 8.04. The van der Waals surface area contributed by atoms with Crippen molar-refractivity contribution in [3.63, 3.8) is 0 Å². The maximum Gasteiger partial charge on any atom is 0.137 e. The Labute approximate surface area is 152 Å². The van der Waals surface area contributed by atoms with E-state index in [2.05, 4.69) is 17.0 Å². The van der Waals surface area contributed by atoms with Crippen LogP contribution in [-0.2, 0) is 13.0 Å². The molecule has 128 valence electrons. The van der Waals surface area contributed by atoms with Crippen LogP contribution in [0.15, 0.2) is 35.2 Å². The SMILES string of the molecule is CSc1cc(Cl)c(CN2CCc3cc(OC(C)C)ccc32)cc1F. The number of hydrogen-bond donors (Lipinski definition) is 0. The van der Waals surface area contributed by atoms with Crippen molar-refractivity contribution in [1.82, 2.24) is 0 Å². The lowest BCUT2D eigenvalue weighted by atomic mass is 10.1. The van der Waals surface area contributed by atoms with Crippen LogP contribution in [0.1, 0.15) is 25.0 Å². The van der Waals surface area contributed by atoms with Crippen molar-refractivity contribution in [2.45, 2.75) is 37.8 Å². The van der Waals surface area contributed by atoms with Crippen molar-refractivity contribution in [2.24, 2.45) is 0 Å². The molecule has 0 aromatic heterocycles. The van der Waals surface area contributed by atoms with Gasteiger partial charge in [0.1, 0.15) is 11.6 Å². The number of fused-ring (bicyclic) bond motifs is 1. The highest BCUT2D eigenvalue weighted by Crippen LogP contribution is 2.34. The fourth-order valence-electron chi connectivity index (χ4n) is 3.01. The van der Waals surface area contributed by atoms with Gasteiger partial charge in [-0.15, -0.1) is 11.8 Å². The molecule has 1 aliphatic rings. The first-order chi connectivity index (χ1) is 11.5. The molecule has 2 nitrogen and oxygen atoms in total. The van der Waals surface area contributed by atoms with E-state index in [0.717, 1.165) is 24.3 Å². The fraction of sp³-hybridized carbons (Fsp3) is 0.368. The second-order valence-electron chi connectivity index (χ2n) is 6.21. The van der Waals surface area contributed by atoms with Gasteiger partial charge in [0.05, 0.1) is 6.10 Å². The normalized spacial score (nSPS) is 13.5. The van der Waals surface area contributed by atoms with E-state index < -0.39 is 0 Å². The summed E-state index contributed by atoms with van der Waals surface area (Å²) < 4.78 is 19.8. The quantitative estimate of drug-likeness (QED) is 0.644. The van der Waals surface area contributed by atoms with Crippen LogP contribution < -0.4 is 9.64 Å². The van der Waals surface area contributed by atoms with Crippen LogP contribution in [0, 0.1) is 5.82 Å². The van der Waals surface area contributed by atoms with Crippen molar-refractivity contribution < 1.29 is 9.13 Å². The molecule has 0 atom stereocenters. The highest BCUT2D eigenvalue weighted by Gasteiger charge is 2.21. The number of hydrogen-bond acceptors (Lipinski definition) is 3. The van der Waals surface area contributed by atoms with Gasteiger partial charge in [-0.1, -0.05) is 11.6 Å². The number of benzene rings is 2. The van der Waals surface area contributed by atoms with Gasteiger partial charge in [-0.05, 0) is 68.0 Å². The van der Waals surface area contributed by atoms with Crippen molar-refractivity contribution >= 4 is 29.1 Å². The van der Waals surface area contributed by atoms with Gasteiger partial charge in [-0.3, -0.25) is 0 Å². The van der Waals surface area contributed by atoms with Crippen LogP contribution in [-0.4, -0.2) is 18.9 Å². The summed E-state index contributed by atoms with van der Waals surface area (Å²) in [4.78, 5) is 2.83. The Hall–Kier alpha value is -1.39. The standard InChI is InChI=1S/C19H21ClFNOS/c1-12(2)23-15-4-5-18-13(8-15)6-7-22(18)11-14-9-17(21)19(24-3)10-16(14)20/h4-5,8-10,12H,6-7,11H2,1-3H3. The summed E-state index contributed by atoms with van der Waals surface area (Å²) in [5.74, 6) is 0.695. The highest BCUT2D eigenvalue weighted by molar-refractivity contribution is 7.98. The molecular formula is C19H21ClFNOS. The third-order valence-corrected chi connectivity index (χ3v) is 5.20. The second-order valence-corrected chi connectivity index (χ2v) is 7.46. The number of halogens is 2. The van der Waals surface area contributed by atoms with Crippen molar-refractivity contribution in [3.05, 3.63) is 52.3 Å². The molecule has 0 fully saturated rings. The Morgan fingerprint density at radius 2 is 2.08 bits per heavy atom. The molecule has 0 spiro atoms. The van der Waals surface area contributed by atoms with Crippen LogP contribution in [0.5, 0.6) is 5.75 Å². The lowest BCUT2D eigenvalue weighted by Gasteiger charge is -2.21. The summed E-state index contributed by atoms with van der Waals surface area (Å²) >= 11 is 7.71. The predicted octanol–water partition coefficient (Wildman–Crippen LogP) is 5.55. The van der Waals surface area contributed by atoms with Gasteiger partial charge in [0.15, 0.2) is 0 Å². The molecule has 1 aliphatic heterocycles. The monoisotopic (exact) mass is 365 g/mol. The molecule has 5 heteroatoms. The second kappa shape index (κ2) is 7.24. The van der Waals surface area contributed by atoms with Crippen molar-refractivity contribution in [2.75, 3.05) is 17.7 Å². The van der Waals surface area contributed by atoms with Crippen molar-refractivity contribution in [3.8, 4) is 5.75 Å². The van der Waals surface area contributed by atoms with Gasteiger partial charge in [-0.25, -0.2) is 4.39 Å². The molecule has 1 heterocycles. The molecule has 0 saturated carbocycles. The summed E-state index contributed by atoms with van der Waals surface area (Å²) in [5, 5.41) is 0.619. The molecule has 0 radical (unpaired) electrons. The number of ether oxygens (including phenoxy) is 1. The zero-order chi connectivity index (χ0) is 17.3. The molecule has 0 unspecified atom stereocenters. The Morgan fingerprint density at radius 3 is 2.79 bits per heavy atom. The molecule has 0 aliphatic carbocycles. The van der Waals surface area contributed by atoms with E-state index >= 15 is 0 Å². The molecule has 2 aromatic carbocycles. The van der Waals surface area contributed by atoms with E-state index in [1.807, 2.05) is 26.2 Å².